The van der Waals surface area contributed by atoms with Gasteiger partial charge in [-0.1, -0.05) is 127 Å². The third-order valence-corrected chi connectivity index (χ3v) is 6.21. The number of aryl methyl sites for hydroxylation is 2. The second-order valence-electron chi connectivity index (χ2n) is 9.29. The molecule has 0 fully saturated rings. The maximum atomic E-state index is 5.38. The Bertz CT molecular complexity index is 904. The van der Waals surface area contributed by atoms with Gasteiger partial charge in [0.25, 0.3) is 0 Å². The van der Waals surface area contributed by atoms with E-state index in [1.54, 1.807) is 11.1 Å². The molecular formula is C30H44ClSi. The molecule has 175 valence electrons. The van der Waals surface area contributed by atoms with Crippen LogP contribution in [0.15, 0.2) is 48.5 Å². The first-order chi connectivity index (χ1) is 15.6. The molecule has 0 atom stereocenters. The standard InChI is InChI=1S/C18H16.C10H22.C2H6ClSi/c1-3-7-15-13(5-1)9-11-18-16-8-4-2-6-14(16)10-12-17(15)18;1-3-5-7-9-10-8-6-4-2;1-4(2)3/h1,3,5,7,9-12H,2,4,6,8H2;3-10H2,1-2H3;1-2H3. The first-order valence-corrected chi connectivity index (χ1v) is 16.5. The molecule has 0 aliphatic heterocycles. The van der Waals surface area contributed by atoms with Crippen LogP contribution in [0, 0.1) is 0 Å². The van der Waals surface area contributed by atoms with Crippen molar-refractivity contribution in [2.24, 2.45) is 0 Å². The van der Waals surface area contributed by atoms with E-state index in [1.807, 2.05) is 13.1 Å². The summed E-state index contributed by atoms with van der Waals surface area (Å²) in [7, 11) is -0.407. The zero-order chi connectivity index (χ0) is 23.2. The Labute approximate surface area is 204 Å². The van der Waals surface area contributed by atoms with Crippen LogP contribution < -0.4 is 0 Å². The molecule has 0 spiro atoms. The summed E-state index contributed by atoms with van der Waals surface area (Å²) in [5.74, 6) is 0. The Morgan fingerprint density at radius 1 is 0.656 bits per heavy atom. The first kappa shape index (κ1) is 26.9. The molecule has 1 aliphatic rings. The zero-order valence-corrected chi connectivity index (χ0v) is 22.7. The molecule has 3 aromatic carbocycles. The number of hydrogen-bond acceptors (Lipinski definition) is 0. The van der Waals surface area contributed by atoms with Crippen molar-refractivity contribution in [3.63, 3.8) is 0 Å². The molecule has 0 aromatic heterocycles. The largest absolute Gasteiger partial charge is 0.170 e. The zero-order valence-electron chi connectivity index (χ0n) is 21.0. The Kier molecular flexibility index (Phi) is 13.1. The predicted molar refractivity (Wildman–Crippen MR) is 150 cm³/mol. The SMILES string of the molecule is CCCCCCCCCC.C[Si](C)Cl.c1ccc2c(c1)ccc1c3c(ccc12)CCCC3. The predicted octanol–water partition coefficient (Wildman–Crippen LogP) is 10.5. The third kappa shape index (κ3) is 8.91. The highest BCUT2D eigenvalue weighted by atomic mass is 35.6. The van der Waals surface area contributed by atoms with E-state index in [9.17, 15) is 0 Å². The van der Waals surface area contributed by atoms with Crippen molar-refractivity contribution in [3.05, 3.63) is 59.7 Å². The van der Waals surface area contributed by atoms with Gasteiger partial charge in [0.05, 0.1) is 0 Å². The van der Waals surface area contributed by atoms with E-state index in [2.05, 4.69) is 62.4 Å². The summed E-state index contributed by atoms with van der Waals surface area (Å²) >= 11 is 5.38. The highest BCUT2D eigenvalue weighted by molar-refractivity contribution is 7.05. The summed E-state index contributed by atoms with van der Waals surface area (Å²) in [5, 5.41) is 5.64. The Morgan fingerprint density at radius 2 is 1.22 bits per heavy atom. The molecule has 2 heteroatoms. The smallest absolute Gasteiger partial charge is 0.158 e. The number of halogens is 1. The van der Waals surface area contributed by atoms with E-state index in [4.69, 9.17) is 11.1 Å². The summed E-state index contributed by atoms with van der Waals surface area (Å²) in [5.41, 5.74) is 3.17. The number of benzene rings is 3. The van der Waals surface area contributed by atoms with Crippen molar-refractivity contribution in [3.8, 4) is 0 Å². The van der Waals surface area contributed by atoms with Crippen molar-refractivity contribution in [2.45, 2.75) is 104 Å². The van der Waals surface area contributed by atoms with Crippen LogP contribution in [-0.2, 0) is 12.8 Å². The van der Waals surface area contributed by atoms with Crippen molar-refractivity contribution >= 4 is 40.7 Å². The normalized spacial score (nSPS) is 12.7. The van der Waals surface area contributed by atoms with Crippen molar-refractivity contribution < 1.29 is 0 Å². The van der Waals surface area contributed by atoms with Crippen molar-refractivity contribution in [2.75, 3.05) is 0 Å². The van der Waals surface area contributed by atoms with Crippen LogP contribution >= 0.6 is 11.1 Å². The lowest BCUT2D eigenvalue weighted by molar-refractivity contribution is 0.585. The fourth-order valence-electron chi connectivity index (χ4n) is 4.55. The third-order valence-electron chi connectivity index (χ3n) is 6.21. The van der Waals surface area contributed by atoms with Crippen LogP contribution in [0.1, 0.15) is 89.2 Å². The highest BCUT2D eigenvalue weighted by Gasteiger charge is 2.13. The van der Waals surface area contributed by atoms with Crippen LogP contribution in [-0.4, -0.2) is 8.11 Å². The van der Waals surface area contributed by atoms with Gasteiger partial charge in [0.2, 0.25) is 0 Å². The van der Waals surface area contributed by atoms with Gasteiger partial charge in [-0.2, -0.15) is 11.1 Å². The van der Waals surface area contributed by atoms with Gasteiger partial charge in [-0.25, -0.2) is 0 Å². The number of rotatable bonds is 7. The molecule has 1 radical (unpaired) electrons. The minimum Gasteiger partial charge on any atom is -0.170 e. The molecule has 0 saturated heterocycles. The summed E-state index contributed by atoms with van der Waals surface area (Å²) in [6.07, 6.45) is 16.7. The van der Waals surface area contributed by atoms with E-state index < -0.39 is 8.11 Å². The molecule has 4 rings (SSSR count). The summed E-state index contributed by atoms with van der Waals surface area (Å²) < 4.78 is 0. The minimum atomic E-state index is -0.407. The fraction of sp³-hybridized carbons (Fsp3) is 0.533. The molecule has 0 nitrogen and oxygen atoms in total. The van der Waals surface area contributed by atoms with Gasteiger partial charge in [0.1, 0.15) is 0 Å². The topological polar surface area (TPSA) is 0 Å². The van der Waals surface area contributed by atoms with Gasteiger partial charge in [0, 0.05) is 0 Å². The minimum absolute atomic E-state index is 0.407. The molecule has 0 bridgehead atoms. The van der Waals surface area contributed by atoms with Crippen LogP contribution in [0.5, 0.6) is 0 Å². The Hall–Kier alpha value is -1.31. The van der Waals surface area contributed by atoms with Crippen molar-refractivity contribution in [1.82, 2.24) is 0 Å². The van der Waals surface area contributed by atoms with Gasteiger partial charge < -0.3 is 0 Å². The summed E-state index contributed by atoms with van der Waals surface area (Å²) in [4.78, 5) is 0. The van der Waals surface area contributed by atoms with E-state index in [-0.39, 0.29) is 0 Å². The fourth-order valence-corrected chi connectivity index (χ4v) is 4.55. The van der Waals surface area contributed by atoms with Gasteiger partial charge in [0.15, 0.2) is 8.11 Å². The maximum Gasteiger partial charge on any atom is 0.158 e. The van der Waals surface area contributed by atoms with Gasteiger partial charge in [-0.3, -0.25) is 0 Å². The Balaban J connectivity index is 0.000000222. The molecule has 0 unspecified atom stereocenters. The molecule has 0 N–H and O–H groups in total. The number of unbranched alkanes of at least 4 members (excludes halogenated alkanes) is 7. The average Bonchev–Trinajstić information content (AvgIpc) is 2.81. The second kappa shape index (κ2) is 15.5. The summed E-state index contributed by atoms with van der Waals surface area (Å²) in [6.45, 7) is 8.61. The van der Waals surface area contributed by atoms with Crippen LogP contribution in [0.25, 0.3) is 21.5 Å². The summed E-state index contributed by atoms with van der Waals surface area (Å²) in [6, 6.07) is 18.0. The van der Waals surface area contributed by atoms with Crippen molar-refractivity contribution in [1.29, 1.82) is 0 Å². The molecule has 32 heavy (non-hydrogen) atoms. The van der Waals surface area contributed by atoms with Crippen LogP contribution in [0.4, 0.5) is 0 Å². The van der Waals surface area contributed by atoms with E-state index in [0.29, 0.717) is 0 Å². The lowest BCUT2D eigenvalue weighted by Gasteiger charge is -2.18. The molecule has 0 amide bonds. The monoisotopic (exact) mass is 467 g/mol. The average molecular weight is 468 g/mol. The van der Waals surface area contributed by atoms with Gasteiger partial charge in [-0.05, 0) is 58.4 Å². The molecule has 3 aromatic rings. The number of hydrogen-bond donors (Lipinski definition) is 0. The highest BCUT2D eigenvalue weighted by Crippen LogP contribution is 2.33. The van der Waals surface area contributed by atoms with E-state index >= 15 is 0 Å². The lowest BCUT2D eigenvalue weighted by Crippen LogP contribution is -2.02. The van der Waals surface area contributed by atoms with Gasteiger partial charge >= 0.3 is 0 Å². The quantitative estimate of drug-likeness (QED) is 0.140. The van der Waals surface area contributed by atoms with Gasteiger partial charge in [-0.15, -0.1) is 0 Å². The maximum absolute atomic E-state index is 5.38. The van der Waals surface area contributed by atoms with Crippen LogP contribution in [0.2, 0.25) is 13.1 Å². The first-order valence-electron chi connectivity index (χ1n) is 13.0. The van der Waals surface area contributed by atoms with E-state index in [0.717, 1.165) is 0 Å². The molecule has 0 saturated carbocycles. The lowest BCUT2D eigenvalue weighted by atomic mass is 9.86. The van der Waals surface area contributed by atoms with Crippen LogP contribution in [0.3, 0.4) is 0 Å². The molecule has 0 heterocycles. The van der Waals surface area contributed by atoms with E-state index in [1.165, 1.54) is 98.6 Å². The Morgan fingerprint density at radius 3 is 1.88 bits per heavy atom. The second-order valence-corrected chi connectivity index (χ2v) is 13.3. The molecule has 1 aliphatic carbocycles. The molecular weight excluding hydrogens is 424 g/mol. The number of fused-ring (bicyclic) bond motifs is 5.